The highest BCUT2D eigenvalue weighted by atomic mass is 16.8. The molecule has 0 aromatic carbocycles. The van der Waals surface area contributed by atoms with Crippen molar-refractivity contribution in [2.45, 2.75) is 12.4 Å². The van der Waals surface area contributed by atoms with Crippen LogP contribution in [0.4, 0.5) is 0 Å². The molecule has 2 aliphatic rings. The van der Waals surface area contributed by atoms with Crippen LogP contribution in [0.3, 0.4) is 0 Å². The van der Waals surface area contributed by atoms with Crippen molar-refractivity contribution in [2.75, 3.05) is 13.4 Å². The van der Waals surface area contributed by atoms with Crippen LogP contribution in [0.5, 0.6) is 0 Å². The molecule has 0 aromatic heterocycles. The first-order chi connectivity index (χ1) is 3.47. The van der Waals surface area contributed by atoms with Crippen LogP contribution in [0.1, 0.15) is 0 Å². The average molecular weight is 102 g/mol. The van der Waals surface area contributed by atoms with Gasteiger partial charge in [-0.3, -0.25) is 0 Å². The zero-order valence-electron chi connectivity index (χ0n) is 3.79. The molecule has 7 heavy (non-hydrogen) atoms. The smallest absolute Gasteiger partial charge is 0.188 e. The lowest BCUT2D eigenvalue weighted by Gasteiger charge is -2.26. The quantitative estimate of drug-likeness (QED) is 0.421. The number of fused-ring (bicyclic) bond motifs is 1. The van der Waals surface area contributed by atoms with E-state index < -0.39 is 0 Å². The van der Waals surface area contributed by atoms with E-state index in [2.05, 4.69) is 0 Å². The van der Waals surface area contributed by atoms with E-state index in [1.807, 2.05) is 0 Å². The molecule has 0 saturated carbocycles. The summed E-state index contributed by atoms with van der Waals surface area (Å²) in [7, 11) is 0. The van der Waals surface area contributed by atoms with E-state index in [1.54, 1.807) is 0 Å². The largest absolute Gasteiger partial charge is 0.347 e. The van der Waals surface area contributed by atoms with E-state index in [9.17, 15) is 0 Å². The van der Waals surface area contributed by atoms with Crippen molar-refractivity contribution in [1.29, 1.82) is 0 Å². The fourth-order valence-electron chi connectivity index (χ4n) is 0.729. The van der Waals surface area contributed by atoms with Crippen LogP contribution >= 0.6 is 0 Å². The topological polar surface area (TPSA) is 27.7 Å². The molecule has 0 spiro atoms. The van der Waals surface area contributed by atoms with Gasteiger partial charge < -0.3 is 14.2 Å². The third-order valence-corrected chi connectivity index (χ3v) is 1.24. The maximum absolute atomic E-state index is 5.00. The lowest BCUT2D eigenvalue weighted by atomic mass is 10.3. The Morgan fingerprint density at radius 1 is 1.14 bits per heavy atom. The maximum Gasteiger partial charge on any atom is 0.188 e. The Morgan fingerprint density at radius 2 is 2.14 bits per heavy atom. The second-order valence-electron chi connectivity index (χ2n) is 1.69. The van der Waals surface area contributed by atoms with E-state index in [4.69, 9.17) is 14.2 Å². The van der Waals surface area contributed by atoms with Crippen LogP contribution in [-0.2, 0) is 14.2 Å². The standard InChI is InChI=1S/C4H6O3/c1-3-4(5-1)7-2-6-3/h3-4H,1-2H2. The predicted molar refractivity (Wildman–Crippen MR) is 20.6 cm³/mol. The molecule has 3 heteroatoms. The van der Waals surface area contributed by atoms with E-state index >= 15 is 0 Å². The SMILES string of the molecule is C1OC2COC2O1. The van der Waals surface area contributed by atoms with Crippen LogP contribution < -0.4 is 0 Å². The molecule has 2 saturated heterocycles. The minimum Gasteiger partial charge on any atom is -0.347 e. The molecule has 2 rings (SSSR count). The molecule has 2 fully saturated rings. The highest BCUT2D eigenvalue weighted by Gasteiger charge is 2.38. The predicted octanol–water partition coefficient (Wildman–Crippen LogP) is -0.284. The lowest BCUT2D eigenvalue weighted by molar-refractivity contribution is -0.202. The van der Waals surface area contributed by atoms with Gasteiger partial charge in [-0.05, 0) is 0 Å². The third-order valence-electron chi connectivity index (χ3n) is 1.24. The zero-order chi connectivity index (χ0) is 4.69. The van der Waals surface area contributed by atoms with E-state index in [-0.39, 0.29) is 12.4 Å². The van der Waals surface area contributed by atoms with Gasteiger partial charge >= 0.3 is 0 Å². The van der Waals surface area contributed by atoms with E-state index in [1.165, 1.54) is 0 Å². The molecule has 0 amide bonds. The van der Waals surface area contributed by atoms with Crippen molar-refractivity contribution in [3.05, 3.63) is 0 Å². The van der Waals surface area contributed by atoms with Crippen molar-refractivity contribution in [1.82, 2.24) is 0 Å². The molecule has 0 radical (unpaired) electrons. The molecule has 2 aliphatic heterocycles. The summed E-state index contributed by atoms with van der Waals surface area (Å²) in [6.45, 7) is 1.12. The Hall–Kier alpha value is -0.120. The van der Waals surface area contributed by atoms with Crippen LogP contribution in [0.15, 0.2) is 0 Å². The molecule has 0 aliphatic carbocycles. The van der Waals surface area contributed by atoms with Crippen molar-refractivity contribution in [2.24, 2.45) is 0 Å². The fourth-order valence-corrected chi connectivity index (χ4v) is 0.729. The summed E-state index contributed by atoms with van der Waals surface area (Å²) in [5, 5.41) is 0. The van der Waals surface area contributed by atoms with Crippen LogP contribution in [0.2, 0.25) is 0 Å². The summed E-state index contributed by atoms with van der Waals surface area (Å²) in [5.74, 6) is 0. The molecular weight excluding hydrogens is 96.0 g/mol. The van der Waals surface area contributed by atoms with E-state index in [0.29, 0.717) is 13.4 Å². The summed E-state index contributed by atoms with van der Waals surface area (Å²) in [5.41, 5.74) is 0. The zero-order valence-corrected chi connectivity index (χ0v) is 3.79. The van der Waals surface area contributed by atoms with Crippen molar-refractivity contribution < 1.29 is 14.2 Å². The van der Waals surface area contributed by atoms with Gasteiger partial charge in [0.2, 0.25) is 0 Å². The van der Waals surface area contributed by atoms with Crippen LogP contribution in [-0.4, -0.2) is 25.8 Å². The Bertz CT molecular complexity index is 73.0. The highest BCUT2D eigenvalue weighted by Crippen LogP contribution is 2.22. The minimum atomic E-state index is -0.0278. The van der Waals surface area contributed by atoms with E-state index in [0.717, 1.165) is 0 Å². The number of ether oxygens (including phenoxy) is 3. The van der Waals surface area contributed by atoms with Gasteiger partial charge in [0.1, 0.15) is 6.10 Å². The number of hydrogen-bond acceptors (Lipinski definition) is 3. The normalized spacial score (nSPS) is 48.0. The summed E-state index contributed by atoms with van der Waals surface area (Å²) in [4.78, 5) is 0. The summed E-state index contributed by atoms with van der Waals surface area (Å²) in [6, 6.07) is 0. The summed E-state index contributed by atoms with van der Waals surface area (Å²) >= 11 is 0. The number of rotatable bonds is 0. The summed E-state index contributed by atoms with van der Waals surface area (Å²) < 4.78 is 14.8. The average Bonchev–Trinajstić information content (AvgIpc) is 1.85. The maximum atomic E-state index is 5.00. The van der Waals surface area contributed by atoms with Crippen molar-refractivity contribution in [3.63, 3.8) is 0 Å². The van der Waals surface area contributed by atoms with Gasteiger partial charge in [-0.2, -0.15) is 0 Å². The Labute approximate surface area is 41.2 Å². The van der Waals surface area contributed by atoms with Crippen LogP contribution in [0.25, 0.3) is 0 Å². The molecular formula is C4H6O3. The molecule has 0 N–H and O–H groups in total. The lowest BCUT2D eigenvalue weighted by Crippen LogP contribution is -2.41. The monoisotopic (exact) mass is 102 g/mol. The first-order valence-corrected chi connectivity index (χ1v) is 2.31. The van der Waals surface area contributed by atoms with Gasteiger partial charge in [-0.1, -0.05) is 0 Å². The van der Waals surface area contributed by atoms with Gasteiger partial charge in [-0.25, -0.2) is 0 Å². The first-order valence-electron chi connectivity index (χ1n) is 2.31. The Balaban J connectivity index is 2.03. The number of hydrogen-bond donors (Lipinski definition) is 0. The van der Waals surface area contributed by atoms with Gasteiger partial charge in [0.15, 0.2) is 13.1 Å². The van der Waals surface area contributed by atoms with Crippen molar-refractivity contribution >= 4 is 0 Å². The Morgan fingerprint density at radius 3 is 2.43 bits per heavy atom. The van der Waals surface area contributed by atoms with Gasteiger partial charge in [-0.15, -0.1) is 0 Å². The highest BCUT2D eigenvalue weighted by molar-refractivity contribution is 4.73. The van der Waals surface area contributed by atoms with Gasteiger partial charge in [0.05, 0.1) is 6.61 Å². The molecule has 2 heterocycles. The molecule has 0 aromatic rings. The van der Waals surface area contributed by atoms with Crippen LogP contribution in [0, 0.1) is 0 Å². The molecule has 2 unspecified atom stereocenters. The summed E-state index contributed by atoms with van der Waals surface area (Å²) in [6.07, 6.45) is 0.222. The van der Waals surface area contributed by atoms with Crippen molar-refractivity contribution in [3.8, 4) is 0 Å². The molecule has 0 bridgehead atoms. The molecule has 40 valence electrons. The molecule has 3 nitrogen and oxygen atoms in total. The second kappa shape index (κ2) is 1.18. The van der Waals surface area contributed by atoms with Gasteiger partial charge in [0, 0.05) is 0 Å². The minimum absolute atomic E-state index is 0.0278. The third kappa shape index (κ3) is 0.400. The fraction of sp³-hybridized carbons (Fsp3) is 1.00. The Kier molecular flexibility index (Phi) is 0.647. The second-order valence-corrected chi connectivity index (χ2v) is 1.69. The molecule has 2 atom stereocenters. The van der Waals surface area contributed by atoms with Gasteiger partial charge in [0.25, 0.3) is 0 Å². The first kappa shape index (κ1) is 3.83.